The zero-order chi connectivity index (χ0) is 15.5. The minimum absolute atomic E-state index is 0.223. The Morgan fingerprint density at radius 1 is 1.32 bits per heavy atom. The van der Waals surface area contributed by atoms with Gasteiger partial charge in [-0.2, -0.15) is 0 Å². The highest BCUT2D eigenvalue weighted by atomic mass is 16.6. The number of fused-ring (bicyclic) bond motifs is 1. The van der Waals surface area contributed by atoms with Crippen molar-refractivity contribution in [3.05, 3.63) is 48.0 Å². The Kier molecular flexibility index (Phi) is 3.78. The molecule has 114 valence electrons. The van der Waals surface area contributed by atoms with Crippen LogP contribution in [0.15, 0.2) is 36.7 Å². The van der Waals surface area contributed by atoms with E-state index in [2.05, 4.69) is 9.97 Å². The average molecular weight is 301 g/mol. The zero-order valence-corrected chi connectivity index (χ0v) is 12.0. The average Bonchev–Trinajstić information content (AvgIpc) is 3.01. The molecule has 7 heteroatoms. The van der Waals surface area contributed by atoms with Gasteiger partial charge in [0, 0.05) is 6.42 Å². The summed E-state index contributed by atoms with van der Waals surface area (Å²) < 4.78 is 10.1. The van der Waals surface area contributed by atoms with Gasteiger partial charge in [0.2, 0.25) is 0 Å². The monoisotopic (exact) mass is 301 g/mol. The second kappa shape index (κ2) is 5.88. The van der Waals surface area contributed by atoms with E-state index < -0.39 is 18.1 Å². The van der Waals surface area contributed by atoms with Crippen LogP contribution in [0.3, 0.4) is 0 Å². The largest absolute Gasteiger partial charge is 0.467 e. The van der Waals surface area contributed by atoms with E-state index in [9.17, 15) is 9.59 Å². The number of hydrogen-bond donors (Lipinski definition) is 1. The minimum Gasteiger partial charge on any atom is -0.467 e. The van der Waals surface area contributed by atoms with E-state index in [0.29, 0.717) is 12.2 Å². The Bertz CT molecular complexity index is 683. The van der Waals surface area contributed by atoms with Crippen LogP contribution < -0.4 is 4.74 Å². The van der Waals surface area contributed by atoms with Gasteiger partial charge < -0.3 is 14.5 Å². The van der Waals surface area contributed by atoms with Gasteiger partial charge in [0.1, 0.15) is 11.8 Å². The number of esters is 1. The molecule has 1 N–H and O–H groups in total. The lowest BCUT2D eigenvalue weighted by molar-refractivity contribution is -0.146. The molecule has 7 nitrogen and oxygen atoms in total. The van der Waals surface area contributed by atoms with Gasteiger partial charge in [0.15, 0.2) is 0 Å². The maximum Gasteiger partial charge on any atom is 0.416 e. The molecular weight excluding hydrogens is 286 g/mol. The molecule has 2 heterocycles. The molecule has 1 amide bonds. The molecule has 1 aliphatic rings. The molecule has 1 aromatic heterocycles. The summed E-state index contributed by atoms with van der Waals surface area (Å²) in [6.07, 6.45) is 1.25. The van der Waals surface area contributed by atoms with Gasteiger partial charge >= 0.3 is 12.1 Å². The summed E-state index contributed by atoms with van der Waals surface area (Å²) in [6, 6.07) is 7.98. The van der Waals surface area contributed by atoms with Gasteiger partial charge in [-0.25, -0.2) is 14.6 Å². The lowest BCUT2D eigenvalue weighted by Gasteiger charge is -2.32. The molecule has 3 rings (SSSR count). The predicted octanol–water partition coefficient (Wildman–Crippen LogP) is 1.51. The first-order chi connectivity index (χ1) is 10.7. The fourth-order valence-electron chi connectivity index (χ4n) is 2.42. The molecule has 2 aromatic rings. The van der Waals surface area contributed by atoms with Gasteiger partial charge in [-0.05, 0) is 12.1 Å². The summed E-state index contributed by atoms with van der Waals surface area (Å²) in [7, 11) is 1.29. The van der Waals surface area contributed by atoms with Gasteiger partial charge in [0.25, 0.3) is 0 Å². The number of methoxy groups -OCH3 is 1. The normalized spacial score (nSPS) is 16.8. The summed E-state index contributed by atoms with van der Waals surface area (Å²) in [5.74, 6) is -0.0646. The molecule has 1 aromatic carbocycles. The molecule has 0 saturated carbocycles. The predicted molar refractivity (Wildman–Crippen MR) is 76.1 cm³/mol. The van der Waals surface area contributed by atoms with Crippen LogP contribution >= 0.6 is 0 Å². The van der Waals surface area contributed by atoms with Crippen molar-refractivity contribution in [2.45, 2.75) is 19.0 Å². The smallest absolute Gasteiger partial charge is 0.416 e. The number of aromatic nitrogens is 2. The summed E-state index contributed by atoms with van der Waals surface area (Å²) >= 11 is 0. The minimum atomic E-state index is -0.739. The van der Waals surface area contributed by atoms with Crippen LogP contribution in [0.4, 0.5) is 4.79 Å². The Labute approximate surface area is 126 Å². The molecule has 22 heavy (non-hydrogen) atoms. The highest BCUT2D eigenvalue weighted by Crippen LogP contribution is 2.23. The van der Waals surface area contributed by atoms with E-state index in [0.717, 1.165) is 11.4 Å². The van der Waals surface area contributed by atoms with Crippen LogP contribution in [0, 0.1) is 0 Å². The number of aromatic amines is 1. The van der Waals surface area contributed by atoms with Crippen LogP contribution in [0.25, 0.3) is 0 Å². The maximum atomic E-state index is 12.4. The molecule has 0 saturated heterocycles. The number of nitrogens with one attached hydrogen (secondary N) is 1. The van der Waals surface area contributed by atoms with Crippen molar-refractivity contribution in [3.8, 4) is 5.75 Å². The number of carbonyl (C=O) groups excluding carboxylic acids is 2. The summed E-state index contributed by atoms with van der Waals surface area (Å²) in [4.78, 5) is 32.8. The number of ether oxygens (including phenoxy) is 2. The highest BCUT2D eigenvalue weighted by Gasteiger charge is 2.37. The third-order valence-corrected chi connectivity index (χ3v) is 3.56. The third-order valence-electron chi connectivity index (χ3n) is 3.56. The number of H-pyrrole nitrogens is 1. The number of amides is 1. The highest BCUT2D eigenvalue weighted by molar-refractivity contribution is 5.83. The van der Waals surface area contributed by atoms with E-state index in [1.807, 2.05) is 6.07 Å². The molecule has 1 unspecified atom stereocenters. The van der Waals surface area contributed by atoms with E-state index in [1.54, 1.807) is 30.6 Å². The molecule has 0 radical (unpaired) electrons. The fraction of sp³-hybridized carbons (Fsp3) is 0.267. The second-order valence-electron chi connectivity index (χ2n) is 4.88. The number of carbonyl (C=O) groups is 2. The Balaban J connectivity index is 1.83. The van der Waals surface area contributed by atoms with Crippen LogP contribution in [-0.4, -0.2) is 40.1 Å². The van der Waals surface area contributed by atoms with Gasteiger partial charge in [-0.15, -0.1) is 0 Å². The Hall–Kier alpha value is -2.83. The molecular formula is C15H15N3O4. The van der Waals surface area contributed by atoms with E-state index in [1.165, 1.54) is 12.0 Å². The lowest BCUT2D eigenvalue weighted by atomic mass is 10.0. The number of rotatable bonds is 2. The van der Waals surface area contributed by atoms with Crippen molar-refractivity contribution in [1.29, 1.82) is 0 Å². The van der Waals surface area contributed by atoms with Gasteiger partial charge in [0.05, 0.1) is 31.4 Å². The SMILES string of the molecule is COC(=O)C1Cc2nc[nH]c2CN1C(=O)Oc1ccccc1. The van der Waals surface area contributed by atoms with Crippen LogP contribution in [0.5, 0.6) is 5.75 Å². The topological polar surface area (TPSA) is 84.5 Å². The molecule has 1 atom stereocenters. The third kappa shape index (κ3) is 2.65. The first-order valence-corrected chi connectivity index (χ1v) is 6.81. The molecule has 1 aliphatic heterocycles. The first kappa shape index (κ1) is 14.1. The molecule has 0 spiro atoms. The molecule has 0 bridgehead atoms. The number of nitrogens with zero attached hydrogens (tertiary/aromatic N) is 2. The van der Waals surface area contributed by atoms with Crippen molar-refractivity contribution >= 4 is 12.1 Å². The molecule has 0 aliphatic carbocycles. The van der Waals surface area contributed by atoms with Crippen LogP contribution in [0.1, 0.15) is 11.4 Å². The van der Waals surface area contributed by atoms with Gasteiger partial charge in [-0.1, -0.05) is 18.2 Å². The fourth-order valence-corrected chi connectivity index (χ4v) is 2.42. The quantitative estimate of drug-likeness (QED) is 0.850. The van der Waals surface area contributed by atoms with E-state index in [4.69, 9.17) is 9.47 Å². The summed E-state index contributed by atoms with van der Waals surface area (Å²) in [5, 5.41) is 0. The number of benzene rings is 1. The van der Waals surface area contributed by atoms with E-state index >= 15 is 0 Å². The Morgan fingerprint density at radius 3 is 2.82 bits per heavy atom. The Morgan fingerprint density at radius 2 is 2.09 bits per heavy atom. The van der Waals surface area contributed by atoms with Crippen LogP contribution in [0.2, 0.25) is 0 Å². The maximum absolute atomic E-state index is 12.4. The lowest BCUT2D eigenvalue weighted by Crippen LogP contribution is -2.50. The van der Waals surface area contributed by atoms with E-state index in [-0.39, 0.29) is 6.54 Å². The standard InChI is InChI=1S/C15H15N3O4/c1-21-14(19)13-7-11-12(17-9-16-11)8-18(13)15(20)22-10-5-3-2-4-6-10/h2-6,9,13H,7-8H2,1H3,(H,16,17). The zero-order valence-electron chi connectivity index (χ0n) is 12.0. The van der Waals surface area contributed by atoms with Crippen molar-refractivity contribution in [3.63, 3.8) is 0 Å². The van der Waals surface area contributed by atoms with Gasteiger partial charge in [-0.3, -0.25) is 4.90 Å². The summed E-state index contributed by atoms with van der Waals surface area (Å²) in [5.41, 5.74) is 1.56. The summed E-state index contributed by atoms with van der Waals surface area (Å²) in [6.45, 7) is 0.223. The van der Waals surface area contributed by atoms with Crippen molar-refractivity contribution < 1.29 is 19.1 Å². The number of hydrogen-bond acceptors (Lipinski definition) is 5. The van der Waals surface area contributed by atoms with Crippen molar-refractivity contribution in [1.82, 2.24) is 14.9 Å². The molecule has 0 fully saturated rings. The van der Waals surface area contributed by atoms with Crippen molar-refractivity contribution in [2.24, 2.45) is 0 Å². The number of imidazole rings is 1. The van der Waals surface area contributed by atoms with Crippen LogP contribution in [-0.2, 0) is 22.5 Å². The van der Waals surface area contributed by atoms with Crippen molar-refractivity contribution in [2.75, 3.05) is 7.11 Å². The first-order valence-electron chi connectivity index (χ1n) is 6.81. The second-order valence-corrected chi connectivity index (χ2v) is 4.88. The number of para-hydroxylation sites is 1.